The molecule has 0 fully saturated rings. The molecule has 3 rings (SSSR count). The van der Waals surface area contributed by atoms with Crippen molar-refractivity contribution in [2.24, 2.45) is 10.7 Å². The Morgan fingerprint density at radius 2 is 1.93 bits per heavy atom. The van der Waals surface area contributed by atoms with Crippen molar-refractivity contribution < 1.29 is 17.9 Å². The van der Waals surface area contributed by atoms with Gasteiger partial charge in [-0.1, -0.05) is 12.1 Å². The van der Waals surface area contributed by atoms with Gasteiger partial charge in [0.05, 0.1) is 6.04 Å². The maximum Gasteiger partial charge on any atom is 0.406 e. The second-order valence-corrected chi connectivity index (χ2v) is 7.09. The average Bonchev–Trinajstić information content (AvgIpc) is 3.04. The van der Waals surface area contributed by atoms with Gasteiger partial charge in [0.25, 0.3) is 6.02 Å². The number of rotatable bonds is 6. The molecule has 0 saturated heterocycles. The number of hydrogen-bond acceptors (Lipinski definition) is 5. The van der Waals surface area contributed by atoms with Crippen LogP contribution in [-0.4, -0.2) is 36.4 Å². The monoisotopic (exact) mass is 442 g/mol. The molecule has 144 valence electrons. The molecule has 27 heavy (non-hydrogen) atoms. The summed E-state index contributed by atoms with van der Waals surface area (Å²) in [5.74, 6) is 0.233. The minimum atomic E-state index is -4.35. The summed E-state index contributed by atoms with van der Waals surface area (Å²) in [6, 6.07) is 10.4. The molecule has 1 atom stereocenters. The van der Waals surface area contributed by atoms with Gasteiger partial charge in [-0.3, -0.25) is 0 Å². The SMILES string of the molecule is NC1=N[C@@H](CCc2ccc(N(CC(F)(F)F)c3ccc(Br)cn3)cc2)CO1. The van der Waals surface area contributed by atoms with E-state index in [1.807, 2.05) is 12.1 Å². The molecule has 0 unspecified atom stereocenters. The molecule has 1 aliphatic heterocycles. The number of halogens is 4. The molecule has 0 amide bonds. The van der Waals surface area contributed by atoms with Crippen LogP contribution in [0.4, 0.5) is 24.7 Å². The summed E-state index contributed by atoms with van der Waals surface area (Å²) in [5, 5.41) is 0. The van der Waals surface area contributed by atoms with Crippen molar-refractivity contribution in [1.82, 2.24) is 4.98 Å². The Morgan fingerprint density at radius 1 is 1.19 bits per heavy atom. The van der Waals surface area contributed by atoms with E-state index in [9.17, 15) is 13.2 Å². The van der Waals surface area contributed by atoms with Crippen LogP contribution < -0.4 is 10.6 Å². The summed E-state index contributed by atoms with van der Waals surface area (Å²) in [6.45, 7) is -0.646. The highest BCUT2D eigenvalue weighted by Crippen LogP contribution is 2.29. The van der Waals surface area contributed by atoms with Gasteiger partial charge >= 0.3 is 6.18 Å². The summed E-state index contributed by atoms with van der Waals surface area (Å²) in [6.07, 6.45) is -1.38. The van der Waals surface area contributed by atoms with Crippen molar-refractivity contribution in [2.75, 3.05) is 18.1 Å². The van der Waals surface area contributed by atoms with Crippen LogP contribution in [0.25, 0.3) is 0 Å². The Morgan fingerprint density at radius 3 is 2.48 bits per heavy atom. The molecule has 1 aliphatic rings. The molecule has 2 aromatic rings. The summed E-state index contributed by atoms with van der Waals surface area (Å²) in [5.41, 5.74) is 6.92. The van der Waals surface area contributed by atoms with E-state index >= 15 is 0 Å². The highest BCUT2D eigenvalue weighted by molar-refractivity contribution is 9.10. The second-order valence-electron chi connectivity index (χ2n) is 6.17. The molecule has 2 heterocycles. The fraction of sp³-hybridized carbons (Fsp3) is 0.333. The number of nitrogens with two attached hydrogens (primary N) is 1. The minimum Gasteiger partial charge on any atom is -0.463 e. The van der Waals surface area contributed by atoms with Gasteiger partial charge in [0.15, 0.2) is 0 Å². The number of aliphatic imine (C=N–C) groups is 1. The third-order valence-corrected chi connectivity index (χ3v) is 4.54. The number of benzene rings is 1. The Balaban J connectivity index is 1.73. The average molecular weight is 443 g/mol. The van der Waals surface area contributed by atoms with E-state index in [0.717, 1.165) is 23.3 Å². The molecular formula is C18H18BrF3N4O. The number of pyridine rings is 1. The van der Waals surface area contributed by atoms with Crippen LogP contribution >= 0.6 is 15.9 Å². The van der Waals surface area contributed by atoms with Crippen LogP contribution in [0.2, 0.25) is 0 Å². The predicted molar refractivity (Wildman–Crippen MR) is 101 cm³/mol. The zero-order valence-electron chi connectivity index (χ0n) is 14.3. The minimum absolute atomic E-state index is 0.0263. The number of aromatic nitrogens is 1. The maximum absolute atomic E-state index is 13.0. The van der Waals surface area contributed by atoms with Gasteiger partial charge in [-0.2, -0.15) is 13.2 Å². The van der Waals surface area contributed by atoms with E-state index in [0.29, 0.717) is 16.8 Å². The van der Waals surface area contributed by atoms with E-state index < -0.39 is 12.7 Å². The molecule has 5 nitrogen and oxygen atoms in total. The first kappa shape index (κ1) is 19.5. The number of amidine groups is 1. The number of anilines is 2. The smallest absolute Gasteiger partial charge is 0.406 e. The van der Waals surface area contributed by atoms with Crippen LogP contribution in [0.1, 0.15) is 12.0 Å². The third kappa shape index (κ3) is 5.59. The first-order chi connectivity index (χ1) is 12.8. The van der Waals surface area contributed by atoms with Gasteiger partial charge in [-0.25, -0.2) is 9.98 Å². The van der Waals surface area contributed by atoms with E-state index in [-0.39, 0.29) is 17.9 Å². The van der Waals surface area contributed by atoms with E-state index in [1.165, 1.54) is 6.20 Å². The molecule has 0 saturated carbocycles. The highest BCUT2D eigenvalue weighted by Gasteiger charge is 2.32. The van der Waals surface area contributed by atoms with Crippen molar-refractivity contribution >= 4 is 33.5 Å². The van der Waals surface area contributed by atoms with Gasteiger partial charge < -0.3 is 15.4 Å². The Labute approximate surface area is 163 Å². The second kappa shape index (κ2) is 8.16. The normalized spacial score (nSPS) is 16.7. The Bertz CT molecular complexity index is 794. The first-order valence-corrected chi connectivity index (χ1v) is 9.10. The molecule has 2 N–H and O–H groups in total. The van der Waals surface area contributed by atoms with Gasteiger partial charge in [0.1, 0.15) is 19.0 Å². The topological polar surface area (TPSA) is 63.7 Å². The van der Waals surface area contributed by atoms with Crippen LogP contribution in [0.3, 0.4) is 0 Å². The zero-order valence-corrected chi connectivity index (χ0v) is 15.9. The van der Waals surface area contributed by atoms with Gasteiger partial charge in [0, 0.05) is 16.4 Å². The molecule has 0 radical (unpaired) electrons. The highest BCUT2D eigenvalue weighted by atomic mass is 79.9. The van der Waals surface area contributed by atoms with Gasteiger partial charge in [-0.05, 0) is 58.6 Å². The van der Waals surface area contributed by atoms with Crippen LogP contribution in [0.5, 0.6) is 0 Å². The fourth-order valence-corrected chi connectivity index (χ4v) is 3.01. The standard InChI is InChI=1S/C18H18BrF3N4O/c19-13-4-8-16(24-9-13)26(11-18(20,21)22)15-6-2-12(3-7-15)1-5-14-10-27-17(23)25-14/h2-4,6-9,14H,1,5,10-11H2,(H2,23,25)/t14-/m0/s1. The summed E-state index contributed by atoms with van der Waals surface area (Å²) >= 11 is 3.24. The molecule has 0 spiro atoms. The molecular weight excluding hydrogens is 425 g/mol. The Hall–Kier alpha value is -2.29. The van der Waals surface area contributed by atoms with E-state index in [4.69, 9.17) is 10.5 Å². The number of hydrogen-bond donors (Lipinski definition) is 1. The van der Waals surface area contributed by atoms with E-state index in [2.05, 4.69) is 25.9 Å². The first-order valence-electron chi connectivity index (χ1n) is 8.31. The van der Waals surface area contributed by atoms with Crippen LogP contribution in [0, 0.1) is 0 Å². The molecule has 0 aliphatic carbocycles. The van der Waals surface area contributed by atoms with E-state index in [1.54, 1.807) is 24.3 Å². The maximum atomic E-state index is 13.0. The van der Waals surface area contributed by atoms with Crippen molar-refractivity contribution in [3.05, 3.63) is 52.6 Å². The predicted octanol–water partition coefficient (Wildman–Crippen LogP) is 4.19. The van der Waals surface area contributed by atoms with Gasteiger partial charge in [-0.15, -0.1) is 0 Å². The zero-order chi connectivity index (χ0) is 19.4. The lowest BCUT2D eigenvalue weighted by molar-refractivity contribution is -0.118. The lowest BCUT2D eigenvalue weighted by Gasteiger charge is -2.25. The van der Waals surface area contributed by atoms with Crippen LogP contribution in [-0.2, 0) is 11.2 Å². The number of alkyl halides is 3. The fourth-order valence-electron chi connectivity index (χ4n) is 2.77. The summed E-state index contributed by atoms with van der Waals surface area (Å²) in [4.78, 5) is 9.40. The van der Waals surface area contributed by atoms with Crippen molar-refractivity contribution in [2.45, 2.75) is 25.1 Å². The van der Waals surface area contributed by atoms with Crippen molar-refractivity contribution in [3.8, 4) is 0 Å². The lowest BCUT2D eigenvalue weighted by atomic mass is 10.1. The van der Waals surface area contributed by atoms with Crippen LogP contribution in [0.15, 0.2) is 52.1 Å². The molecule has 0 bridgehead atoms. The lowest BCUT2D eigenvalue weighted by Crippen LogP contribution is -2.31. The number of nitrogens with zero attached hydrogens (tertiary/aromatic N) is 3. The Kier molecular flexibility index (Phi) is 5.88. The third-order valence-electron chi connectivity index (χ3n) is 4.07. The van der Waals surface area contributed by atoms with Gasteiger partial charge in [0.2, 0.25) is 0 Å². The molecule has 1 aromatic heterocycles. The molecule has 9 heteroatoms. The van der Waals surface area contributed by atoms with Crippen molar-refractivity contribution in [3.63, 3.8) is 0 Å². The number of aryl methyl sites for hydroxylation is 1. The summed E-state index contributed by atoms with van der Waals surface area (Å²) < 4.78 is 45.0. The van der Waals surface area contributed by atoms with Crippen molar-refractivity contribution in [1.29, 1.82) is 0 Å². The molecule has 1 aromatic carbocycles. The quantitative estimate of drug-likeness (QED) is 0.728. The largest absolute Gasteiger partial charge is 0.463 e. The summed E-state index contributed by atoms with van der Waals surface area (Å²) in [7, 11) is 0. The number of ether oxygens (including phenoxy) is 1.